The minimum atomic E-state index is -0.952. The van der Waals surface area contributed by atoms with Crippen LogP contribution in [0.3, 0.4) is 0 Å². The Labute approximate surface area is 207 Å². The summed E-state index contributed by atoms with van der Waals surface area (Å²) in [5, 5.41) is 2.63. The first-order valence-corrected chi connectivity index (χ1v) is 12.1. The number of fused-ring (bicyclic) bond motifs is 2. The van der Waals surface area contributed by atoms with E-state index in [2.05, 4.69) is 5.32 Å². The van der Waals surface area contributed by atoms with Gasteiger partial charge in [0.2, 0.25) is 0 Å². The first-order valence-electron chi connectivity index (χ1n) is 12.1. The number of hydrogen-bond donors (Lipinski definition) is 1. The number of esters is 2. The summed E-state index contributed by atoms with van der Waals surface area (Å²) < 4.78 is 23.4. The molecule has 1 aliphatic carbocycles. The van der Waals surface area contributed by atoms with Crippen molar-refractivity contribution in [3.63, 3.8) is 0 Å². The summed E-state index contributed by atoms with van der Waals surface area (Å²) in [7, 11) is 0. The molecular formula is C27H37NO7. The van der Waals surface area contributed by atoms with Gasteiger partial charge in [-0.3, -0.25) is 4.79 Å². The smallest absolute Gasteiger partial charge is 0.408 e. The molecule has 1 heterocycles. The SMILES string of the molecule is CC(=O)OC1C2=C(OC(C)(C)CC2)c2ccccc2C1OC(=O)C(NC(=O)OC(C)(C)C)C(C)C. The molecule has 1 aliphatic heterocycles. The minimum Gasteiger partial charge on any atom is -0.487 e. The Balaban J connectivity index is 1.96. The van der Waals surface area contributed by atoms with Gasteiger partial charge in [-0.2, -0.15) is 0 Å². The van der Waals surface area contributed by atoms with Gasteiger partial charge in [-0.25, -0.2) is 9.59 Å². The van der Waals surface area contributed by atoms with Crippen LogP contribution in [-0.4, -0.2) is 41.4 Å². The highest BCUT2D eigenvalue weighted by Gasteiger charge is 2.45. The van der Waals surface area contributed by atoms with Crippen LogP contribution in [0.15, 0.2) is 29.8 Å². The van der Waals surface area contributed by atoms with Gasteiger partial charge in [-0.15, -0.1) is 0 Å². The Morgan fingerprint density at radius 3 is 2.34 bits per heavy atom. The Bertz CT molecular complexity index is 1020. The molecule has 3 atom stereocenters. The normalized spacial score (nSPS) is 21.7. The molecule has 8 nitrogen and oxygen atoms in total. The predicted molar refractivity (Wildman–Crippen MR) is 130 cm³/mol. The van der Waals surface area contributed by atoms with Crippen molar-refractivity contribution >= 4 is 23.8 Å². The zero-order valence-electron chi connectivity index (χ0n) is 21.9. The molecule has 0 fully saturated rings. The van der Waals surface area contributed by atoms with Crippen LogP contribution in [0, 0.1) is 5.92 Å². The highest BCUT2D eigenvalue weighted by atomic mass is 16.6. The fourth-order valence-electron chi connectivity index (χ4n) is 4.31. The van der Waals surface area contributed by atoms with Crippen molar-refractivity contribution < 1.29 is 33.3 Å². The van der Waals surface area contributed by atoms with Crippen LogP contribution in [0.2, 0.25) is 0 Å². The van der Waals surface area contributed by atoms with E-state index in [-0.39, 0.29) is 11.5 Å². The van der Waals surface area contributed by atoms with Crippen LogP contribution in [0.4, 0.5) is 4.79 Å². The van der Waals surface area contributed by atoms with Crippen LogP contribution < -0.4 is 5.32 Å². The van der Waals surface area contributed by atoms with E-state index in [0.29, 0.717) is 17.7 Å². The molecule has 1 aromatic rings. The van der Waals surface area contributed by atoms with Gasteiger partial charge < -0.3 is 24.3 Å². The summed E-state index contributed by atoms with van der Waals surface area (Å²) in [6.07, 6.45) is -1.06. The van der Waals surface area contributed by atoms with Gasteiger partial charge in [0.05, 0.1) is 0 Å². The second-order valence-corrected chi connectivity index (χ2v) is 11.1. The Hall–Kier alpha value is -3.03. The van der Waals surface area contributed by atoms with E-state index >= 15 is 0 Å². The lowest BCUT2D eigenvalue weighted by Crippen LogP contribution is -2.48. The van der Waals surface area contributed by atoms with E-state index in [1.165, 1.54) is 6.92 Å². The number of carbonyl (C=O) groups is 3. The molecule has 3 rings (SSSR count). The molecule has 1 N–H and O–H groups in total. The number of alkyl carbamates (subject to hydrolysis) is 1. The van der Waals surface area contributed by atoms with E-state index in [1.807, 2.05) is 38.1 Å². The average Bonchev–Trinajstić information content (AvgIpc) is 2.72. The van der Waals surface area contributed by atoms with Crippen molar-refractivity contribution in [1.82, 2.24) is 5.32 Å². The summed E-state index contributed by atoms with van der Waals surface area (Å²) in [6.45, 7) is 14.2. The van der Waals surface area contributed by atoms with Crippen molar-refractivity contribution in [2.75, 3.05) is 0 Å². The molecule has 3 unspecified atom stereocenters. The third kappa shape index (κ3) is 6.35. The summed E-state index contributed by atoms with van der Waals surface area (Å²) in [5.41, 5.74) is 1.19. The fourth-order valence-corrected chi connectivity index (χ4v) is 4.31. The van der Waals surface area contributed by atoms with Crippen molar-refractivity contribution in [2.45, 2.75) is 97.7 Å². The van der Waals surface area contributed by atoms with Crippen LogP contribution in [-0.2, 0) is 28.5 Å². The van der Waals surface area contributed by atoms with Crippen LogP contribution in [0.1, 0.15) is 85.5 Å². The van der Waals surface area contributed by atoms with Gasteiger partial charge in [0.15, 0.2) is 12.2 Å². The monoisotopic (exact) mass is 487 g/mol. The molecule has 8 heteroatoms. The van der Waals surface area contributed by atoms with Crippen molar-refractivity contribution in [3.8, 4) is 0 Å². The maximum absolute atomic E-state index is 13.4. The third-order valence-corrected chi connectivity index (χ3v) is 5.93. The molecule has 0 saturated carbocycles. The lowest BCUT2D eigenvalue weighted by molar-refractivity contribution is -0.168. The second kappa shape index (κ2) is 9.91. The predicted octanol–water partition coefficient (Wildman–Crippen LogP) is 5.07. The summed E-state index contributed by atoms with van der Waals surface area (Å²) >= 11 is 0. The largest absolute Gasteiger partial charge is 0.487 e. The Morgan fingerprint density at radius 1 is 1.09 bits per heavy atom. The topological polar surface area (TPSA) is 100 Å². The molecule has 2 aliphatic rings. The lowest BCUT2D eigenvalue weighted by Gasteiger charge is -2.42. The number of carbonyl (C=O) groups excluding carboxylic acids is 3. The van der Waals surface area contributed by atoms with Gasteiger partial charge in [0.25, 0.3) is 0 Å². The minimum absolute atomic E-state index is 0.269. The zero-order valence-corrected chi connectivity index (χ0v) is 21.9. The number of hydrogen-bond acceptors (Lipinski definition) is 7. The zero-order chi connectivity index (χ0) is 26.1. The molecule has 0 bridgehead atoms. The number of rotatable bonds is 5. The molecule has 1 amide bonds. The number of amides is 1. The van der Waals surface area contributed by atoms with Crippen LogP contribution >= 0.6 is 0 Å². The first kappa shape index (κ1) is 26.6. The van der Waals surface area contributed by atoms with E-state index in [9.17, 15) is 14.4 Å². The highest BCUT2D eigenvalue weighted by Crippen LogP contribution is 2.48. The number of nitrogens with one attached hydrogen (secondary N) is 1. The molecule has 1 aromatic carbocycles. The molecule has 0 aromatic heterocycles. The molecule has 0 spiro atoms. The third-order valence-electron chi connectivity index (χ3n) is 5.93. The summed E-state index contributed by atoms with van der Waals surface area (Å²) in [6, 6.07) is 6.52. The fraction of sp³-hybridized carbons (Fsp3) is 0.593. The standard InChI is InChI=1S/C27H37NO7/c1-15(2)20(28-25(31)35-26(4,5)6)24(30)33-22-18-12-10-9-11-17(18)21-19(23(22)32-16(3)29)13-14-27(7,8)34-21/h9-12,15,20,22-23H,13-14H2,1-8H3,(H,28,31). The van der Waals surface area contributed by atoms with Gasteiger partial charge in [-0.1, -0.05) is 38.1 Å². The molecule has 192 valence electrons. The van der Waals surface area contributed by atoms with E-state index in [1.54, 1.807) is 34.6 Å². The van der Waals surface area contributed by atoms with Crippen molar-refractivity contribution in [1.29, 1.82) is 0 Å². The van der Waals surface area contributed by atoms with Gasteiger partial charge >= 0.3 is 18.0 Å². The number of benzene rings is 1. The van der Waals surface area contributed by atoms with Crippen LogP contribution in [0.25, 0.3) is 5.76 Å². The van der Waals surface area contributed by atoms with E-state index < -0.39 is 41.9 Å². The van der Waals surface area contributed by atoms with Crippen LogP contribution in [0.5, 0.6) is 0 Å². The van der Waals surface area contributed by atoms with Crippen molar-refractivity contribution in [3.05, 3.63) is 41.0 Å². The molecule has 35 heavy (non-hydrogen) atoms. The maximum Gasteiger partial charge on any atom is 0.408 e. The van der Waals surface area contributed by atoms with Gasteiger partial charge in [-0.05, 0) is 53.4 Å². The second-order valence-electron chi connectivity index (χ2n) is 11.1. The lowest BCUT2D eigenvalue weighted by atomic mass is 9.80. The van der Waals surface area contributed by atoms with E-state index in [0.717, 1.165) is 17.6 Å². The maximum atomic E-state index is 13.4. The van der Waals surface area contributed by atoms with Crippen molar-refractivity contribution in [2.24, 2.45) is 5.92 Å². The van der Waals surface area contributed by atoms with E-state index in [4.69, 9.17) is 18.9 Å². The molecule has 0 saturated heterocycles. The summed E-state index contributed by atoms with van der Waals surface area (Å²) in [4.78, 5) is 37.8. The molecular weight excluding hydrogens is 450 g/mol. The average molecular weight is 488 g/mol. The summed E-state index contributed by atoms with van der Waals surface area (Å²) in [5.74, 6) is -0.722. The number of ether oxygens (including phenoxy) is 4. The Kier molecular flexibility index (Phi) is 7.53. The quantitative estimate of drug-likeness (QED) is 0.457. The highest BCUT2D eigenvalue weighted by molar-refractivity contribution is 5.82. The Morgan fingerprint density at radius 2 is 1.74 bits per heavy atom. The first-order chi connectivity index (χ1) is 16.2. The van der Waals surface area contributed by atoms with Gasteiger partial charge in [0, 0.05) is 23.6 Å². The molecule has 0 radical (unpaired) electrons. The van der Waals surface area contributed by atoms with Gasteiger partial charge in [0.1, 0.15) is 23.0 Å².